The molecule has 114 valence electrons. The van der Waals surface area contributed by atoms with Crippen molar-refractivity contribution in [2.75, 3.05) is 14.2 Å². The van der Waals surface area contributed by atoms with Gasteiger partial charge in [-0.25, -0.2) is 14.0 Å². The maximum absolute atomic E-state index is 14.9. The van der Waals surface area contributed by atoms with Crippen LogP contribution in [0.15, 0.2) is 0 Å². The Bertz CT molecular complexity index is 418. The molecule has 0 rings (SSSR count). The molecule has 0 unspecified atom stereocenters. The highest BCUT2D eigenvalue weighted by Crippen LogP contribution is 2.29. The van der Waals surface area contributed by atoms with Gasteiger partial charge in [-0.3, -0.25) is 9.59 Å². The summed E-state index contributed by atoms with van der Waals surface area (Å²) in [5.41, 5.74) is -3.46. The molecule has 0 aromatic carbocycles. The number of ether oxygens (including phenoxy) is 3. The van der Waals surface area contributed by atoms with Gasteiger partial charge in [-0.2, -0.15) is 0 Å². The van der Waals surface area contributed by atoms with Crippen molar-refractivity contribution < 1.29 is 37.8 Å². The molecule has 0 bridgehead atoms. The highest BCUT2D eigenvalue weighted by atomic mass is 19.1. The molecule has 0 aromatic heterocycles. The van der Waals surface area contributed by atoms with Gasteiger partial charge in [-0.1, -0.05) is 13.8 Å². The van der Waals surface area contributed by atoms with Gasteiger partial charge in [-0.05, 0) is 5.92 Å². The predicted molar refractivity (Wildman–Crippen MR) is 63.3 cm³/mol. The molecule has 0 aromatic rings. The van der Waals surface area contributed by atoms with E-state index in [0.29, 0.717) is 0 Å². The minimum atomic E-state index is -3.46. The van der Waals surface area contributed by atoms with Crippen LogP contribution in [0, 0.1) is 5.92 Å². The van der Waals surface area contributed by atoms with Crippen molar-refractivity contribution in [2.24, 2.45) is 5.92 Å². The van der Waals surface area contributed by atoms with Crippen molar-refractivity contribution in [1.82, 2.24) is 0 Å². The van der Waals surface area contributed by atoms with E-state index in [4.69, 9.17) is 0 Å². The summed E-state index contributed by atoms with van der Waals surface area (Å²) in [6, 6.07) is 0. The number of esters is 3. The number of carbonyl (C=O) groups is 4. The molecule has 0 fully saturated rings. The van der Waals surface area contributed by atoms with Gasteiger partial charge < -0.3 is 14.2 Å². The third-order valence-corrected chi connectivity index (χ3v) is 2.47. The number of halogens is 1. The van der Waals surface area contributed by atoms with Gasteiger partial charge in [-0.15, -0.1) is 0 Å². The molecule has 0 heterocycles. The number of hydrogen-bond donors (Lipinski definition) is 0. The second-order valence-corrected chi connectivity index (χ2v) is 4.30. The van der Waals surface area contributed by atoms with E-state index in [1.54, 1.807) is 0 Å². The fraction of sp³-hybridized carbons (Fsp3) is 0.667. The van der Waals surface area contributed by atoms with Crippen molar-refractivity contribution >= 4 is 23.7 Å². The Labute approximate surface area is 115 Å². The van der Waals surface area contributed by atoms with Gasteiger partial charge in [0, 0.05) is 6.92 Å². The molecule has 0 N–H and O–H groups in total. The summed E-state index contributed by atoms with van der Waals surface area (Å²) in [7, 11) is 1.69. The van der Waals surface area contributed by atoms with Crippen LogP contribution in [0.2, 0.25) is 0 Å². The summed E-state index contributed by atoms with van der Waals surface area (Å²) in [4.78, 5) is 45.6. The maximum Gasteiger partial charge on any atom is 0.378 e. The van der Waals surface area contributed by atoms with Crippen LogP contribution < -0.4 is 0 Å². The molecule has 0 radical (unpaired) electrons. The first kappa shape index (κ1) is 18.0. The number of ketones is 1. The number of hydrogen-bond acceptors (Lipinski definition) is 7. The number of methoxy groups -OCH3 is 2. The number of carbonyl (C=O) groups excluding carboxylic acids is 4. The number of Topliss-reactive ketones (excluding diaryl/α,β-unsaturated/α-hetero) is 1. The van der Waals surface area contributed by atoms with Crippen molar-refractivity contribution in [2.45, 2.75) is 32.5 Å². The van der Waals surface area contributed by atoms with Crippen molar-refractivity contribution in [1.29, 1.82) is 0 Å². The minimum absolute atomic E-state index is 0.767. The average molecular weight is 292 g/mol. The molecule has 0 aliphatic heterocycles. The van der Waals surface area contributed by atoms with Gasteiger partial charge in [0.15, 0.2) is 6.10 Å². The fourth-order valence-electron chi connectivity index (χ4n) is 1.58. The molecule has 20 heavy (non-hydrogen) atoms. The Hall–Kier alpha value is -1.99. The Morgan fingerprint density at radius 1 is 1.05 bits per heavy atom. The summed E-state index contributed by atoms with van der Waals surface area (Å²) >= 11 is 0. The van der Waals surface area contributed by atoms with Gasteiger partial charge in [0.1, 0.15) is 0 Å². The van der Waals surface area contributed by atoms with E-state index in [2.05, 4.69) is 14.2 Å². The van der Waals surface area contributed by atoms with Gasteiger partial charge >= 0.3 is 23.6 Å². The third-order valence-electron chi connectivity index (χ3n) is 2.47. The van der Waals surface area contributed by atoms with Crippen LogP contribution in [0.5, 0.6) is 0 Å². The molecule has 0 saturated heterocycles. The van der Waals surface area contributed by atoms with Crippen molar-refractivity contribution in [3.05, 3.63) is 0 Å². The first-order valence-corrected chi connectivity index (χ1v) is 5.70. The lowest BCUT2D eigenvalue weighted by atomic mass is 9.86. The second kappa shape index (κ2) is 6.97. The summed E-state index contributed by atoms with van der Waals surface area (Å²) in [6.45, 7) is 3.81. The number of alkyl halides is 1. The number of rotatable bonds is 6. The zero-order valence-corrected chi connectivity index (χ0v) is 11.9. The van der Waals surface area contributed by atoms with Crippen LogP contribution in [0.4, 0.5) is 4.39 Å². The van der Waals surface area contributed by atoms with Crippen LogP contribution in [0.1, 0.15) is 20.8 Å². The lowest BCUT2D eigenvalue weighted by Crippen LogP contribution is -2.58. The maximum atomic E-state index is 14.9. The molecule has 8 heteroatoms. The van der Waals surface area contributed by atoms with Crippen molar-refractivity contribution in [3.63, 3.8) is 0 Å². The van der Waals surface area contributed by atoms with Crippen LogP contribution in [0.25, 0.3) is 0 Å². The summed E-state index contributed by atoms with van der Waals surface area (Å²) in [6.07, 6.45) is -1.81. The molecular formula is C12H17FO7. The van der Waals surface area contributed by atoms with E-state index in [9.17, 15) is 23.6 Å². The molecule has 0 spiro atoms. The standard InChI is InChI=1S/C12H17FO7/c1-6(2)9(20-7(3)14)12(13,11(17)19-5)8(15)10(16)18-4/h6,9H,1-5H3/t9-,12+/m0/s1. The smallest absolute Gasteiger partial charge is 0.378 e. The Balaban J connectivity index is 5.83. The topological polar surface area (TPSA) is 96.0 Å². The van der Waals surface area contributed by atoms with Gasteiger partial charge in [0.2, 0.25) is 0 Å². The van der Waals surface area contributed by atoms with Crippen LogP contribution >= 0.6 is 0 Å². The van der Waals surface area contributed by atoms with E-state index in [-0.39, 0.29) is 0 Å². The molecule has 0 aliphatic rings. The minimum Gasteiger partial charge on any atom is -0.466 e. The molecule has 0 amide bonds. The van der Waals surface area contributed by atoms with E-state index >= 15 is 0 Å². The second-order valence-electron chi connectivity index (χ2n) is 4.30. The van der Waals surface area contributed by atoms with E-state index in [1.807, 2.05) is 0 Å². The molecule has 7 nitrogen and oxygen atoms in total. The zero-order valence-electron chi connectivity index (χ0n) is 11.9. The summed E-state index contributed by atoms with van der Waals surface area (Å²) in [5, 5.41) is 0. The highest BCUT2D eigenvalue weighted by molar-refractivity contribution is 6.41. The first-order chi connectivity index (χ1) is 9.12. The average Bonchev–Trinajstić information content (AvgIpc) is 2.40. The quantitative estimate of drug-likeness (QED) is 0.298. The normalized spacial score (nSPS) is 14.9. The van der Waals surface area contributed by atoms with E-state index in [1.165, 1.54) is 13.8 Å². The Kier molecular flexibility index (Phi) is 6.28. The molecule has 2 atom stereocenters. The fourth-order valence-corrected chi connectivity index (χ4v) is 1.58. The van der Waals surface area contributed by atoms with Crippen molar-refractivity contribution in [3.8, 4) is 0 Å². The van der Waals surface area contributed by atoms with E-state index in [0.717, 1.165) is 21.1 Å². The monoisotopic (exact) mass is 292 g/mol. The molecular weight excluding hydrogens is 275 g/mol. The summed E-state index contributed by atoms with van der Waals surface area (Å²) in [5.74, 6) is -6.67. The van der Waals surface area contributed by atoms with Gasteiger partial charge in [0.05, 0.1) is 14.2 Å². The Morgan fingerprint density at radius 2 is 1.55 bits per heavy atom. The zero-order chi connectivity index (χ0) is 16.1. The SMILES string of the molecule is COC(=O)C(=O)[C@](F)(C(=O)OC)[C@@H](OC(C)=O)C(C)C. The highest BCUT2D eigenvalue weighted by Gasteiger charge is 2.60. The third kappa shape index (κ3) is 3.52. The largest absolute Gasteiger partial charge is 0.466 e. The van der Waals surface area contributed by atoms with Crippen LogP contribution in [-0.2, 0) is 33.4 Å². The Morgan fingerprint density at radius 3 is 1.85 bits per heavy atom. The molecule has 0 saturated carbocycles. The van der Waals surface area contributed by atoms with Crippen LogP contribution in [0.3, 0.4) is 0 Å². The first-order valence-electron chi connectivity index (χ1n) is 5.70. The molecule has 0 aliphatic carbocycles. The van der Waals surface area contributed by atoms with Gasteiger partial charge in [0.25, 0.3) is 5.78 Å². The lowest BCUT2D eigenvalue weighted by molar-refractivity contribution is -0.185. The lowest BCUT2D eigenvalue weighted by Gasteiger charge is -2.31. The van der Waals surface area contributed by atoms with E-state index < -0.39 is 41.4 Å². The van der Waals surface area contributed by atoms with Crippen LogP contribution in [-0.4, -0.2) is 49.7 Å². The summed E-state index contributed by atoms with van der Waals surface area (Å²) < 4.78 is 27.9. The predicted octanol–water partition coefficient (Wildman–Crippen LogP) is 0.197.